The lowest BCUT2D eigenvalue weighted by Crippen LogP contribution is -2.39. The molecule has 4 N–H and O–H groups in total. The Kier molecular flexibility index (Phi) is 8.79. The minimum absolute atomic E-state index is 0.320. The van der Waals surface area contributed by atoms with Gasteiger partial charge in [0.25, 0.3) is 0 Å². The fourth-order valence-electron chi connectivity index (χ4n) is 4.74. The number of nitriles is 1. The van der Waals surface area contributed by atoms with Crippen molar-refractivity contribution in [1.82, 2.24) is 15.3 Å². The van der Waals surface area contributed by atoms with Gasteiger partial charge in [-0.3, -0.25) is 0 Å². The van der Waals surface area contributed by atoms with Crippen molar-refractivity contribution in [2.75, 3.05) is 36.9 Å². The summed E-state index contributed by atoms with van der Waals surface area (Å²) in [6, 6.07) is 11.0. The summed E-state index contributed by atoms with van der Waals surface area (Å²) in [6.07, 6.45) is 7.01. The van der Waals surface area contributed by atoms with Gasteiger partial charge in [-0.05, 0) is 63.6 Å². The summed E-state index contributed by atoms with van der Waals surface area (Å²) >= 11 is 6.51. The fourth-order valence-corrected chi connectivity index (χ4v) is 4.94. The molecule has 2 fully saturated rings. The normalized spacial score (nSPS) is 22.7. The molecule has 2 aromatic rings. The number of nitrogens with one attached hydrogen (secondary N) is 3. The van der Waals surface area contributed by atoms with E-state index in [1.807, 2.05) is 24.3 Å². The van der Waals surface area contributed by atoms with Crippen LogP contribution in [0.2, 0.25) is 5.02 Å². The van der Waals surface area contributed by atoms with Gasteiger partial charge in [0, 0.05) is 50.1 Å². The molecule has 188 valence electrons. The Balaban J connectivity index is 1.38. The quantitative estimate of drug-likeness (QED) is 0.406. The molecule has 1 aliphatic carbocycles. The zero-order chi connectivity index (χ0) is 24.7. The molecular weight excluding hydrogens is 464 g/mol. The van der Waals surface area contributed by atoms with Crippen molar-refractivity contribution in [3.63, 3.8) is 0 Å². The maximum Gasteiger partial charge on any atom is 0.126 e. The van der Waals surface area contributed by atoms with Crippen LogP contribution in [0.1, 0.15) is 45.4 Å². The molecule has 0 spiro atoms. The number of pyridine rings is 2. The van der Waals surface area contributed by atoms with E-state index in [-0.39, 0.29) is 6.10 Å². The number of halogens is 1. The average Bonchev–Trinajstić information content (AvgIpc) is 2.89. The van der Waals surface area contributed by atoms with Gasteiger partial charge in [-0.2, -0.15) is 5.26 Å². The molecule has 0 unspecified atom stereocenters. The van der Waals surface area contributed by atoms with Crippen LogP contribution in [0, 0.1) is 16.7 Å². The van der Waals surface area contributed by atoms with Gasteiger partial charge in [-0.15, -0.1) is 0 Å². The summed E-state index contributed by atoms with van der Waals surface area (Å²) in [4.78, 5) is 9.26. The molecule has 0 amide bonds. The van der Waals surface area contributed by atoms with Crippen molar-refractivity contribution >= 4 is 23.2 Å². The molecule has 8 nitrogen and oxygen atoms in total. The van der Waals surface area contributed by atoms with E-state index < -0.39 is 5.41 Å². The molecule has 1 aliphatic heterocycles. The lowest BCUT2D eigenvalue weighted by Gasteiger charge is -2.31. The predicted octanol–water partition coefficient (Wildman–Crippen LogP) is 4.22. The monoisotopic (exact) mass is 498 g/mol. The number of hydrogen-bond acceptors (Lipinski definition) is 8. The number of hydrogen-bond donors (Lipinski definition) is 4. The van der Waals surface area contributed by atoms with Crippen LogP contribution in [0.15, 0.2) is 30.5 Å². The number of aromatic nitrogens is 2. The van der Waals surface area contributed by atoms with Gasteiger partial charge in [-0.25, -0.2) is 9.97 Å². The third kappa shape index (κ3) is 7.05. The van der Waals surface area contributed by atoms with E-state index in [0.29, 0.717) is 49.2 Å². The zero-order valence-corrected chi connectivity index (χ0v) is 21.0. The highest BCUT2D eigenvalue weighted by molar-refractivity contribution is 6.33. The standard InChI is InChI=1S/C26H35ClN6O2/c1-18(34)14-29-19-5-7-20(8-6-19)32-25-13-21(22(27)15-30-25)23-3-2-4-24(33-23)31-17-26(16-28)9-11-35-12-10-26/h2-4,13,15,18-20,29,34H,5-12,14,17H2,1H3,(H,30,32)(H,31,33)/t18-,19-,20-/m1/s1. The molecule has 0 bridgehead atoms. The van der Waals surface area contributed by atoms with E-state index >= 15 is 0 Å². The van der Waals surface area contributed by atoms with Crippen LogP contribution in [-0.2, 0) is 4.74 Å². The minimum Gasteiger partial charge on any atom is -0.392 e. The van der Waals surface area contributed by atoms with Crippen molar-refractivity contribution in [1.29, 1.82) is 5.26 Å². The van der Waals surface area contributed by atoms with Crippen LogP contribution in [0.5, 0.6) is 0 Å². The zero-order valence-electron chi connectivity index (χ0n) is 20.3. The molecule has 1 saturated carbocycles. The van der Waals surface area contributed by atoms with Crippen LogP contribution in [-0.4, -0.2) is 59.6 Å². The van der Waals surface area contributed by atoms with E-state index in [1.54, 1.807) is 13.1 Å². The number of nitrogens with zero attached hydrogens (tertiary/aromatic N) is 3. The molecule has 4 rings (SSSR count). The van der Waals surface area contributed by atoms with Crippen LogP contribution < -0.4 is 16.0 Å². The molecular formula is C26H35ClN6O2. The second-order valence-electron chi connectivity index (χ2n) is 9.77. The SMILES string of the molecule is C[C@@H](O)CN[C@H]1CC[C@H](Nc2cc(-c3cccc(NCC4(C#N)CCOCC4)n3)c(Cl)cn2)CC1. The molecule has 1 atom stereocenters. The molecule has 2 aromatic heterocycles. The van der Waals surface area contributed by atoms with Crippen molar-refractivity contribution in [2.24, 2.45) is 5.41 Å². The summed E-state index contributed by atoms with van der Waals surface area (Å²) < 4.78 is 5.43. The highest BCUT2D eigenvalue weighted by atomic mass is 35.5. The van der Waals surface area contributed by atoms with Gasteiger partial charge in [0.05, 0.1) is 28.3 Å². The van der Waals surface area contributed by atoms with Gasteiger partial charge in [-0.1, -0.05) is 17.7 Å². The summed E-state index contributed by atoms with van der Waals surface area (Å²) in [5.74, 6) is 1.50. The predicted molar refractivity (Wildman–Crippen MR) is 138 cm³/mol. The summed E-state index contributed by atoms with van der Waals surface area (Å²) in [5.41, 5.74) is 1.15. The van der Waals surface area contributed by atoms with Gasteiger partial charge in [0.2, 0.25) is 0 Å². The van der Waals surface area contributed by atoms with Crippen LogP contribution in [0.3, 0.4) is 0 Å². The lowest BCUT2D eigenvalue weighted by molar-refractivity contribution is 0.0455. The topological polar surface area (TPSA) is 115 Å². The lowest BCUT2D eigenvalue weighted by atomic mass is 9.82. The maximum absolute atomic E-state index is 9.71. The Morgan fingerprint density at radius 1 is 1.20 bits per heavy atom. The van der Waals surface area contributed by atoms with Gasteiger partial charge < -0.3 is 25.8 Å². The first-order chi connectivity index (χ1) is 17.0. The van der Waals surface area contributed by atoms with E-state index in [1.165, 1.54) is 0 Å². The first kappa shape index (κ1) is 25.6. The average molecular weight is 499 g/mol. The van der Waals surface area contributed by atoms with Crippen LogP contribution in [0.25, 0.3) is 11.3 Å². The smallest absolute Gasteiger partial charge is 0.126 e. The highest BCUT2D eigenvalue weighted by Crippen LogP contribution is 2.32. The second-order valence-corrected chi connectivity index (χ2v) is 10.2. The fraction of sp³-hybridized carbons (Fsp3) is 0.577. The Bertz CT molecular complexity index is 1010. The first-order valence-electron chi connectivity index (χ1n) is 12.5. The van der Waals surface area contributed by atoms with Gasteiger partial charge >= 0.3 is 0 Å². The molecule has 35 heavy (non-hydrogen) atoms. The van der Waals surface area contributed by atoms with Crippen LogP contribution >= 0.6 is 11.6 Å². The van der Waals surface area contributed by atoms with E-state index in [9.17, 15) is 10.4 Å². The van der Waals surface area contributed by atoms with Crippen LogP contribution in [0.4, 0.5) is 11.6 Å². The minimum atomic E-state index is -0.424. The number of rotatable bonds is 9. The Hall–Kier alpha value is -2.44. The number of aliphatic hydroxyl groups excluding tert-OH is 1. The van der Waals surface area contributed by atoms with Gasteiger partial charge in [0.15, 0.2) is 0 Å². The van der Waals surface area contributed by atoms with Crippen molar-refractivity contribution in [3.8, 4) is 17.3 Å². The Morgan fingerprint density at radius 3 is 2.66 bits per heavy atom. The second kappa shape index (κ2) is 12.0. The molecule has 9 heteroatoms. The third-order valence-corrected chi connectivity index (χ3v) is 7.26. The van der Waals surface area contributed by atoms with Crippen molar-refractivity contribution in [2.45, 2.75) is 63.6 Å². The molecule has 1 saturated heterocycles. The Labute approximate surface area is 212 Å². The summed E-state index contributed by atoms with van der Waals surface area (Å²) in [6.45, 7) is 4.21. The van der Waals surface area contributed by atoms with E-state index in [2.05, 4.69) is 27.0 Å². The molecule has 0 radical (unpaired) electrons. The van der Waals surface area contributed by atoms with Crippen molar-refractivity contribution < 1.29 is 9.84 Å². The first-order valence-corrected chi connectivity index (χ1v) is 12.9. The highest BCUT2D eigenvalue weighted by Gasteiger charge is 2.32. The number of anilines is 2. The van der Waals surface area contributed by atoms with E-state index in [0.717, 1.165) is 55.6 Å². The summed E-state index contributed by atoms with van der Waals surface area (Å²) in [7, 11) is 0. The maximum atomic E-state index is 9.71. The number of aliphatic hydroxyl groups is 1. The van der Waals surface area contributed by atoms with Gasteiger partial charge in [0.1, 0.15) is 11.6 Å². The molecule has 2 aliphatic rings. The molecule has 3 heterocycles. The summed E-state index contributed by atoms with van der Waals surface area (Å²) in [5, 5.41) is 30.1. The van der Waals surface area contributed by atoms with Crippen molar-refractivity contribution in [3.05, 3.63) is 35.5 Å². The Morgan fingerprint density at radius 2 is 1.94 bits per heavy atom. The number of ether oxygens (including phenoxy) is 1. The van der Waals surface area contributed by atoms with E-state index in [4.69, 9.17) is 21.3 Å². The third-order valence-electron chi connectivity index (χ3n) is 6.96. The largest absolute Gasteiger partial charge is 0.392 e. The molecule has 0 aromatic carbocycles.